The van der Waals surface area contributed by atoms with Gasteiger partial charge in [-0.1, -0.05) is 32.0 Å². The fraction of sp³-hybridized carbons (Fsp3) is 0.533. The van der Waals surface area contributed by atoms with E-state index in [9.17, 15) is 13.6 Å². The smallest absolute Gasteiger partial charge is 0.387 e. The van der Waals surface area contributed by atoms with Crippen LogP contribution in [0.15, 0.2) is 24.3 Å². The number of ether oxygens (including phenoxy) is 1. The van der Waals surface area contributed by atoms with Crippen LogP contribution in [0.2, 0.25) is 0 Å². The fourth-order valence-electron chi connectivity index (χ4n) is 1.78. The summed E-state index contributed by atoms with van der Waals surface area (Å²) >= 11 is 0. The second-order valence-corrected chi connectivity index (χ2v) is 5.22. The van der Waals surface area contributed by atoms with Crippen LogP contribution in [0.4, 0.5) is 8.78 Å². The van der Waals surface area contributed by atoms with Crippen LogP contribution in [-0.4, -0.2) is 25.6 Å². The van der Waals surface area contributed by atoms with Gasteiger partial charge in [-0.15, -0.1) is 0 Å². The van der Waals surface area contributed by atoms with Crippen LogP contribution < -0.4 is 15.4 Å². The van der Waals surface area contributed by atoms with Crippen LogP contribution in [0.25, 0.3) is 0 Å². The molecule has 1 unspecified atom stereocenters. The zero-order chi connectivity index (χ0) is 15.8. The molecule has 0 aliphatic carbocycles. The van der Waals surface area contributed by atoms with Gasteiger partial charge in [-0.05, 0) is 18.9 Å². The number of alkyl halides is 2. The van der Waals surface area contributed by atoms with Gasteiger partial charge in [0, 0.05) is 18.2 Å². The Balaban J connectivity index is 2.55. The van der Waals surface area contributed by atoms with Crippen LogP contribution in [0.3, 0.4) is 0 Å². The van der Waals surface area contributed by atoms with E-state index in [1.165, 1.54) is 6.07 Å². The van der Waals surface area contributed by atoms with Gasteiger partial charge < -0.3 is 15.4 Å². The number of hydrogen-bond acceptors (Lipinski definition) is 3. The van der Waals surface area contributed by atoms with Crippen LogP contribution in [0.1, 0.15) is 32.4 Å². The number of hydrogen-bond donors (Lipinski definition) is 2. The standard InChI is InChI=1S/C15H22F2N2O2/c1-10(2)8-19-14(20)9-18-11(3)12-6-4-5-7-13(12)21-15(16)17/h4-7,10-11,15,18H,8-9H2,1-3H3,(H,19,20). The Morgan fingerprint density at radius 2 is 1.90 bits per heavy atom. The number of carbonyl (C=O) groups excluding carboxylic acids is 1. The Kier molecular flexibility index (Phi) is 7.08. The maximum Gasteiger partial charge on any atom is 0.387 e. The molecule has 0 saturated heterocycles. The molecule has 1 atom stereocenters. The number of carbonyl (C=O) groups is 1. The number of benzene rings is 1. The molecule has 0 fully saturated rings. The lowest BCUT2D eigenvalue weighted by atomic mass is 10.1. The molecule has 1 amide bonds. The molecule has 2 N–H and O–H groups in total. The van der Waals surface area contributed by atoms with Crippen molar-refractivity contribution < 1.29 is 18.3 Å². The second kappa shape index (κ2) is 8.56. The van der Waals surface area contributed by atoms with Crippen molar-refractivity contribution in [3.8, 4) is 5.75 Å². The number of rotatable bonds is 8. The number of para-hydroxylation sites is 1. The summed E-state index contributed by atoms with van der Waals surface area (Å²) in [6.45, 7) is 3.68. The van der Waals surface area contributed by atoms with E-state index in [0.29, 0.717) is 18.0 Å². The molecule has 6 heteroatoms. The van der Waals surface area contributed by atoms with Crippen molar-refractivity contribution in [3.63, 3.8) is 0 Å². The summed E-state index contributed by atoms with van der Waals surface area (Å²) in [4.78, 5) is 11.6. The van der Waals surface area contributed by atoms with Crippen molar-refractivity contribution in [1.82, 2.24) is 10.6 Å². The van der Waals surface area contributed by atoms with E-state index in [0.717, 1.165) is 0 Å². The third-order valence-corrected chi connectivity index (χ3v) is 2.88. The molecule has 1 aromatic carbocycles. The van der Waals surface area contributed by atoms with Gasteiger partial charge in [-0.2, -0.15) is 8.78 Å². The zero-order valence-electron chi connectivity index (χ0n) is 12.5. The topological polar surface area (TPSA) is 50.4 Å². The third kappa shape index (κ3) is 6.53. The Hall–Kier alpha value is -1.69. The molecule has 1 rings (SSSR count). The Labute approximate surface area is 123 Å². The van der Waals surface area contributed by atoms with Crippen LogP contribution in [0.5, 0.6) is 5.75 Å². The lowest BCUT2D eigenvalue weighted by molar-refractivity contribution is -0.120. The number of nitrogens with one attached hydrogen (secondary N) is 2. The van der Waals surface area contributed by atoms with Gasteiger partial charge in [0.25, 0.3) is 0 Å². The lowest BCUT2D eigenvalue weighted by Gasteiger charge is -2.18. The maximum absolute atomic E-state index is 12.3. The Morgan fingerprint density at radius 1 is 1.24 bits per heavy atom. The molecule has 0 spiro atoms. The molecule has 0 bridgehead atoms. The molecule has 0 aliphatic rings. The number of halogens is 2. The molecule has 4 nitrogen and oxygen atoms in total. The normalized spacial score (nSPS) is 12.5. The molecule has 21 heavy (non-hydrogen) atoms. The van der Waals surface area contributed by atoms with Gasteiger partial charge in [0.2, 0.25) is 5.91 Å². The lowest BCUT2D eigenvalue weighted by Crippen LogP contribution is -2.36. The molecule has 0 aliphatic heterocycles. The van der Waals surface area contributed by atoms with Gasteiger partial charge in [-0.3, -0.25) is 4.79 Å². The molecular weight excluding hydrogens is 278 g/mol. The Morgan fingerprint density at radius 3 is 2.52 bits per heavy atom. The predicted octanol–water partition coefficient (Wildman–Crippen LogP) is 2.71. The van der Waals surface area contributed by atoms with Gasteiger partial charge in [0.15, 0.2) is 0 Å². The number of amides is 1. The van der Waals surface area contributed by atoms with Crippen molar-refractivity contribution in [2.24, 2.45) is 5.92 Å². The molecule has 0 aromatic heterocycles. The van der Waals surface area contributed by atoms with Gasteiger partial charge in [0.05, 0.1) is 6.54 Å². The summed E-state index contributed by atoms with van der Waals surface area (Å²) in [5.74, 6) is 0.379. The van der Waals surface area contributed by atoms with E-state index in [1.54, 1.807) is 25.1 Å². The van der Waals surface area contributed by atoms with Gasteiger partial charge in [0.1, 0.15) is 5.75 Å². The van der Waals surface area contributed by atoms with Crippen molar-refractivity contribution in [3.05, 3.63) is 29.8 Å². The van der Waals surface area contributed by atoms with Gasteiger partial charge >= 0.3 is 6.61 Å². The maximum atomic E-state index is 12.3. The summed E-state index contributed by atoms with van der Waals surface area (Å²) in [5.41, 5.74) is 0.592. The molecule has 1 aromatic rings. The third-order valence-electron chi connectivity index (χ3n) is 2.88. The highest BCUT2D eigenvalue weighted by molar-refractivity contribution is 5.78. The zero-order valence-corrected chi connectivity index (χ0v) is 12.5. The molecule has 118 valence electrons. The minimum atomic E-state index is -2.87. The summed E-state index contributed by atoms with van der Waals surface area (Å²) in [6, 6.07) is 6.28. The van der Waals surface area contributed by atoms with Crippen molar-refractivity contribution in [1.29, 1.82) is 0 Å². The molecule has 0 radical (unpaired) electrons. The molecule has 0 heterocycles. The van der Waals surface area contributed by atoms with E-state index in [2.05, 4.69) is 15.4 Å². The molecular formula is C15H22F2N2O2. The first-order valence-electron chi connectivity index (χ1n) is 6.94. The monoisotopic (exact) mass is 300 g/mol. The van der Waals surface area contributed by atoms with E-state index < -0.39 is 6.61 Å². The summed E-state index contributed by atoms with van der Waals surface area (Å²) in [7, 11) is 0. The minimum absolute atomic E-state index is 0.120. The van der Waals surface area contributed by atoms with Crippen molar-refractivity contribution in [2.75, 3.05) is 13.1 Å². The quantitative estimate of drug-likeness (QED) is 0.776. The average molecular weight is 300 g/mol. The molecule has 0 saturated carbocycles. The summed E-state index contributed by atoms with van der Waals surface area (Å²) < 4.78 is 29.2. The first-order chi connectivity index (χ1) is 9.90. The van der Waals surface area contributed by atoms with E-state index in [1.807, 2.05) is 13.8 Å². The van der Waals surface area contributed by atoms with Crippen LogP contribution in [-0.2, 0) is 4.79 Å². The first kappa shape index (κ1) is 17.4. The van der Waals surface area contributed by atoms with E-state index in [4.69, 9.17) is 0 Å². The Bertz CT molecular complexity index is 453. The average Bonchev–Trinajstić information content (AvgIpc) is 2.42. The first-order valence-corrected chi connectivity index (χ1v) is 6.94. The summed E-state index contributed by atoms with van der Waals surface area (Å²) in [5, 5.41) is 5.78. The highest BCUT2D eigenvalue weighted by atomic mass is 19.3. The fourth-order valence-corrected chi connectivity index (χ4v) is 1.78. The highest BCUT2D eigenvalue weighted by Gasteiger charge is 2.15. The minimum Gasteiger partial charge on any atom is -0.434 e. The van der Waals surface area contributed by atoms with Crippen LogP contribution >= 0.6 is 0 Å². The predicted molar refractivity (Wildman–Crippen MR) is 77.3 cm³/mol. The summed E-state index contributed by atoms with van der Waals surface area (Å²) in [6.07, 6.45) is 0. The van der Waals surface area contributed by atoms with Crippen LogP contribution in [0, 0.1) is 5.92 Å². The van der Waals surface area contributed by atoms with E-state index in [-0.39, 0.29) is 24.2 Å². The SMILES string of the molecule is CC(C)CNC(=O)CNC(C)c1ccccc1OC(F)F. The van der Waals surface area contributed by atoms with Crippen molar-refractivity contribution in [2.45, 2.75) is 33.4 Å². The van der Waals surface area contributed by atoms with E-state index >= 15 is 0 Å². The second-order valence-electron chi connectivity index (χ2n) is 5.22. The highest BCUT2D eigenvalue weighted by Crippen LogP contribution is 2.25. The van der Waals surface area contributed by atoms with Crippen molar-refractivity contribution >= 4 is 5.91 Å². The largest absolute Gasteiger partial charge is 0.434 e. The van der Waals surface area contributed by atoms with Gasteiger partial charge in [-0.25, -0.2) is 0 Å².